The third-order valence-corrected chi connectivity index (χ3v) is 5.52. The van der Waals surface area contributed by atoms with Crippen LogP contribution in [0.5, 0.6) is 11.5 Å². The number of halogens is 1. The van der Waals surface area contributed by atoms with Crippen LogP contribution >= 0.6 is 15.9 Å². The highest BCUT2D eigenvalue weighted by atomic mass is 79.9. The van der Waals surface area contributed by atoms with Gasteiger partial charge >= 0.3 is 0 Å². The summed E-state index contributed by atoms with van der Waals surface area (Å²) in [6.45, 7) is 0. The number of carbonyl (C=O) groups is 1. The Kier molecular flexibility index (Phi) is 4.32. The van der Waals surface area contributed by atoms with Crippen molar-refractivity contribution in [2.75, 3.05) is 19.5 Å². The Labute approximate surface area is 160 Å². The molecule has 0 bridgehead atoms. The molecule has 26 heavy (non-hydrogen) atoms. The van der Waals surface area contributed by atoms with Crippen molar-refractivity contribution in [3.05, 3.63) is 64.1 Å². The Bertz CT molecular complexity index is 1020. The molecule has 0 fully saturated rings. The Morgan fingerprint density at radius 2 is 1.73 bits per heavy atom. The largest absolute Gasteiger partial charge is 0.493 e. The van der Waals surface area contributed by atoms with Crippen LogP contribution in [0.25, 0.3) is 10.8 Å². The van der Waals surface area contributed by atoms with E-state index in [-0.39, 0.29) is 11.8 Å². The van der Waals surface area contributed by atoms with E-state index in [4.69, 9.17) is 9.47 Å². The molecule has 0 spiro atoms. The van der Waals surface area contributed by atoms with Crippen LogP contribution in [-0.2, 0) is 4.79 Å². The third kappa shape index (κ3) is 2.72. The van der Waals surface area contributed by atoms with E-state index in [0.29, 0.717) is 17.9 Å². The van der Waals surface area contributed by atoms with E-state index in [1.807, 2.05) is 42.5 Å². The minimum absolute atomic E-state index is 0.0183. The van der Waals surface area contributed by atoms with Crippen LogP contribution in [0.1, 0.15) is 23.5 Å². The van der Waals surface area contributed by atoms with Crippen LogP contribution in [0.3, 0.4) is 0 Å². The molecule has 1 N–H and O–H groups in total. The number of anilines is 1. The van der Waals surface area contributed by atoms with Crippen LogP contribution in [0, 0.1) is 0 Å². The molecule has 5 heteroatoms. The minimum Gasteiger partial charge on any atom is -0.493 e. The lowest BCUT2D eigenvalue weighted by atomic mass is 9.83. The molecule has 1 atom stereocenters. The molecule has 3 aromatic rings. The summed E-state index contributed by atoms with van der Waals surface area (Å²) >= 11 is 3.68. The zero-order chi connectivity index (χ0) is 18.3. The first kappa shape index (κ1) is 16.9. The van der Waals surface area contributed by atoms with Gasteiger partial charge in [-0.2, -0.15) is 0 Å². The zero-order valence-corrected chi connectivity index (χ0v) is 16.1. The van der Waals surface area contributed by atoms with E-state index < -0.39 is 0 Å². The van der Waals surface area contributed by atoms with Gasteiger partial charge in [0.15, 0.2) is 11.5 Å². The fourth-order valence-corrected chi connectivity index (χ4v) is 4.21. The van der Waals surface area contributed by atoms with Crippen molar-refractivity contribution in [2.45, 2.75) is 12.3 Å². The Morgan fingerprint density at radius 1 is 1.00 bits per heavy atom. The van der Waals surface area contributed by atoms with E-state index in [1.165, 1.54) is 0 Å². The molecule has 4 rings (SSSR count). The molecule has 1 amide bonds. The molecule has 0 aromatic heterocycles. The van der Waals surface area contributed by atoms with Gasteiger partial charge in [-0.05, 0) is 34.7 Å². The van der Waals surface area contributed by atoms with E-state index >= 15 is 0 Å². The highest BCUT2D eigenvalue weighted by Crippen LogP contribution is 2.44. The average Bonchev–Trinajstić information content (AvgIpc) is 2.68. The predicted molar refractivity (Wildman–Crippen MR) is 106 cm³/mol. The second kappa shape index (κ2) is 6.65. The first-order valence-corrected chi connectivity index (χ1v) is 9.14. The number of rotatable bonds is 3. The summed E-state index contributed by atoms with van der Waals surface area (Å²) in [4.78, 5) is 12.4. The van der Waals surface area contributed by atoms with Crippen LogP contribution < -0.4 is 14.8 Å². The number of hydrogen-bond donors (Lipinski definition) is 1. The summed E-state index contributed by atoms with van der Waals surface area (Å²) in [6.07, 6.45) is 0.396. The van der Waals surface area contributed by atoms with E-state index in [1.54, 1.807) is 14.2 Å². The number of carbonyl (C=O) groups excluding carboxylic acids is 1. The van der Waals surface area contributed by atoms with Crippen molar-refractivity contribution in [1.82, 2.24) is 0 Å². The standard InChI is InChI=1S/C21H18BrNO3/c1-25-18-8-7-12(9-19(18)26-2)15-11-20(24)23-21-14-6-4-3-5-13(14)17(22)10-16(15)21/h3-10,15H,11H2,1-2H3,(H,23,24). The molecular weight excluding hydrogens is 394 g/mol. The number of nitrogens with one attached hydrogen (secondary N) is 1. The first-order valence-electron chi connectivity index (χ1n) is 8.35. The van der Waals surface area contributed by atoms with Crippen molar-refractivity contribution in [2.24, 2.45) is 0 Å². The molecule has 1 heterocycles. The van der Waals surface area contributed by atoms with E-state index in [0.717, 1.165) is 32.1 Å². The van der Waals surface area contributed by atoms with Crippen molar-refractivity contribution >= 4 is 38.3 Å². The predicted octanol–water partition coefficient (Wildman–Crippen LogP) is 5.09. The van der Waals surface area contributed by atoms with Crippen LogP contribution in [0.2, 0.25) is 0 Å². The Morgan fingerprint density at radius 3 is 2.46 bits per heavy atom. The maximum Gasteiger partial charge on any atom is 0.225 e. The van der Waals surface area contributed by atoms with Crippen molar-refractivity contribution in [3.8, 4) is 11.5 Å². The second-order valence-corrected chi connectivity index (χ2v) is 7.14. The normalized spacial score (nSPS) is 16.1. The topological polar surface area (TPSA) is 47.6 Å². The smallest absolute Gasteiger partial charge is 0.225 e. The maximum atomic E-state index is 12.4. The van der Waals surface area contributed by atoms with Gasteiger partial charge in [0.2, 0.25) is 5.91 Å². The van der Waals surface area contributed by atoms with Crippen molar-refractivity contribution in [1.29, 1.82) is 0 Å². The summed E-state index contributed by atoms with van der Waals surface area (Å²) in [7, 11) is 3.23. The third-order valence-electron chi connectivity index (χ3n) is 4.86. The van der Waals surface area contributed by atoms with Gasteiger partial charge in [0.05, 0.1) is 19.9 Å². The average molecular weight is 412 g/mol. The molecule has 1 aliphatic rings. The number of ether oxygens (including phenoxy) is 2. The molecule has 0 radical (unpaired) electrons. The molecule has 0 saturated carbocycles. The molecule has 132 valence electrons. The monoisotopic (exact) mass is 411 g/mol. The number of methoxy groups -OCH3 is 2. The summed E-state index contributed by atoms with van der Waals surface area (Å²) in [6, 6.07) is 16.0. The number of amides is 1. The number of hydrogen-bond acceptors (Lipinski definition) is 3. The fourth-order valence-electron chi connectivity index (χ4n) is 3.62. The fraction of sp³-hybridized carbons (Fsp3) is 0.190. The summed E-state index contributed by atoms with van der Waals surface area (Å²) in [5, 5.41) is 5.19. The van der Waals surface area contributed by atoms with Gasteiger partial charge in [0.1, 0.15) is 0 Å². The first-order chi connectivity index (χ1) is 12.6. The molecule has 0 aliphatic carbocycles. The lowest BCUT2D eigenvalue weighted by molar-refractivity contribution is -0.116. The summed E-state index contributed by atoms with van der Waals surface area (Å²) < 4.78 is 11.8. The zero-order valence-electron chi connectivity index (χ0n) is 14.5. The van der Waals surface area contributed by atoms with E-state index in [2.05, 4.69) is 27.3 Å². The second-order valence-electron chi connectivity index (χ2n) is 6.29. The Hall–Kier alpha value is -2.53. The van der Waals surface area contributed by atoms with Gasteiger partial charge in [-0.3, -0.25) is 4.79 Å². The van der Waals surface area contributed by atoms with Crippen molar-refractivity contribution < 1.29 is 14.3 Å². The highest BCUT2D eigenvalue weighted by Gasteiger charge is 2.29. The van der Waals surface area contributed by atoms with Crippen LogP contribution in [-0.4, -0.2) is 20.1 Å². The van der Waals surface area contributed by atoms with Gasteiger partial charge in [-0.15, -0.1) is 0 Å². The van der Waals surface area contributed by atoms with Crippen molar-refractivity contribution in [3.63, 3.8) is 0 Å². The van der Waals surface area contributed by atoms with E-state index in [9.17, 15) is 4.79 Å². The lowest BCUT2D eigenvalue weighted by Crippen LogP contribution is -2.24. The Balaban J connectivity index is 1.92. The molecular formula is C21H18BrNO3. The maximum absolute atomic E-state index is 12.4. The number of benzene rings is 3. The quantitative estimate of drug-likeness (QED) is 0.652. The SMILES string of the molecule is COc1ccc(C2CC(=O)Nc3c2cc(Br)c2ccccc32)cc1OC. The molecule has 4 nitrogen and oxygen atoms in total. The van der Waals surface area contributed by atoms with Crippen LogP contribution in [0.4, 0.5) is 5.69 Å². The molecule has 1 unspecified atom stereocenters. The molecule has 3 aromatic carbocycles. The van der Waals surface area contributed by atoms with Gasteiger partial charge in [0, 0.05) is 22.2 Å². The van der Waals surface area contributed by atoms with Gasteiger partial charge in [-0.25, -0.2) is 0 Å². The summed E-state index contributed by atoms with van der Waals surface area (Å²) in [5.41, 5.74) is 3.02. The summed E-state index contributed by atoms with van der Waals surface area (Å²) in [5.74, 6) is 1.32. The molecule has 0 saturated heterocycles. The highest BCUT2D eigenvalue weighted by molar-refractivity contribution is 9.10. The van der Waals surface area contributed by atoms with Gasteiger partial charge < -0.3 is 14.8 Å². The van der Waals surface area contributed by atoms with Gasteiger partial charge in [-0.1, -0.05) is 46.3 Å². The van der Waals surface area contributed by atoms with Gasteiger partial charge in [0.25, 0.3) is 0 Å². The van der Waals surface area contributed by atoms with Crippen LogP contribution in [0.15, 0.2) is 53.0 Å². The number of fused-ring (bicyclic) bond motifs is 3. The lowest BCUT2D eigenvalue weighted by Gasteiger charge is -2.28. The minimum atomic E-state index is -0.0422. The molecule has 1 aliphatic heterocycles.